The highest BCUT2D eigenvalue weighted by molar-refractivity contribution is 9.09. The van der Waals surface area contributed by atoms with E-state index in [2.05, 4.69) is 27.5 Å². The molecule has 0 aliphatic heterocycles. The molecule has 0 amide bonds. The smallest absolute Gasteiger partial charge is 0.251 e. The van der Waals surface area contributed by atoms with Crippen molar-refractivity contribution in [2.75, 3.05) is 0 Å². The molecule has 1 atom stereocenters. The zero-order chi connectivity index (χ0) is 10.8. The quantitative estimate of drug-likeness (QED) is 0.587. The molecule has 0 aromatic carbocycles. The normalized spacial score (nSPS) is 13.7. The fraction of sp³-hybridized carbons (Fsp3) is 0.222. The molecule has 1 aromatic rings. The Morgan fingerprint density at radius 1 is 1.43 bits per heavy atom. The van der Waals surface area contributed by atoms with Crippen molar-refractivity contribution >= 4 is 15.9 Å². The maximum absolute atomic E-state index is 12.1. The summed E-state index contributed by atoms with van der Waals surface area (Å²) in [7, 11) is 0. The molecule has 76 valence electrons. The Labute approximate surface area is 87.8 Å². The Hall–Kier alpha value is -0.840. The number of hydrogen-bond donors (Lipinski definition) is 0. The third kappa shape index (κ3) is 2.57. The number of pyridine rings is 1. The van der Waals surface area contributed by atoms with E-state index in [0.717, 1.165) is 6.07 Å². The second-order valence-corrected chi connectivity index (χ2v) is 3.60. The SMILES string of the molecule is C=CC(Br)c1ccc(C(F)(F)F)nc1. The van der Waals surface area contributed by atoms with Crippen molar-refractivity contribution in [2.45, 2.75) is 11.0 Å². The number of alkyl halides is 4. The van der Waals surface area contributed by atoms with Gasteiger partial charge in [-0.15, -0.1) is 6.58 Å². The van der Waals surface area contributed by atoms with E-state index in [1.165, 1.54) is 12.3 Å². The highest BCUT2D eigenvalue weighted by Crippen LogP contribution is 2.29. The fourth-order valence-corrected chi connectivity index (χ4v) is 1.14. The molecule has 0 fully saturated rings. The Balaban J connectivity index is 2.95. The molecule has 0 saturated heterocycles. The lowest BCUT2D eigenvalue weighted by atomic mass is 10.2. The summed E-state index contributed by atoms with van der Waals surface area (Å²) in [6.07, 6.45) is -1.62. The standard InChI is InChI=1S/C9H7BrF3N/c1-2-7(10)6-3-4-8(14-5-6)9(11,12)13/h2-5,7H,1H2. The van der Waals surface area contributed by atoms with Crippen molar-refractivity contribution in [3.8, 4) is 0 Å². The van der Waals surface area contributed by atoms with E-state index in [9.17, 15) is 13.2 Å². The van der Waals surface area contributed by atoms with E-state index in [-0.39, 0.29) is 4.83 Å². The topological polar surface area (TPSA) is 12.9 Å². The summed E-state index contributed by atoms with van der Waals surface area (Å²) in [5.41, 5.74) is -0.238. The molecule has 1 heterocycles. The lowest BCUT2D eigenvalue weighted by Crippen LogP contribution is -2.07. The molecule has 0 N–H and O–H groups in total. The Kier molecular flexibility index (Phi) is 3.31. The second-order valence-electron chi connectivity index (χ2n) is 2.61. The predicted octanol–water partition coefficient (Wildman–Crippen LogP) is 3.72. The van der Waals surface area contributed by atoms with Gasteiger partial charge in [0, 0.05) is 6.20 Å². The maximum atomic E-state index is 12.1. The van der Waals surface area contributed by atoms with Gasteiger partial charge in [-0.05, 0) is 11.6 Å². The second kappa shape index (κ2) is 4.13. The molecule has 5 heteroatoms. The van der Waals surface area contributed by atoms with Crippen LogP contribution in [-0.2, 0) is 6.18 Å². The Morgan fingerprint density at radius 3 is 2.43 bits per heavy atom. The molecule has 0 spiro atoms. The Morgan fingerprint density at radius 2 is 2.07 bits per heavy atom. The molecule has 0 radical (unpaired) electrons. The molecule has 1 unspecified atom stereocenters. The summed E-state index contributed by atoms with van der Waals surface area (Å²) in [6.45, 7) is 3.51. The van der Waals surface area contributed by atoms with Crippen molar-refractivity contribution < 1.29 is 13.2 Å². The van der Waals surface area contributed by atoms with Crippen LogP contribution in [0.25, 0.3) is 0 Å². The van der Waals surface area contributed by atoms with Crippen LogP contribution >= 0.6 is 15.9 Å². The molecular formula is C9H7BrF3N. The van der Waals surface area contributed by atoms with Crippen LogP contribution in [0.2, 0.25) is 0 Å². The zero-order valence-electron chi connectivity index (χ0n) is 7.05. The summed E-state index contributed by atoms with van der Waals surface area (Å²) in [5, 5.41) is 0. The van der Waals surface area contributed by atoms with Gasteiger partial charge < -0.3 is 0 Å². The van der Waals surface area contributed by atoms with Gasteiger partial charge >= 0.3 is 6.18 Å². The molecule has 0 aliphatic rings. The average molecular weight is 266 g/mol. The summed E-state index contributed by atoms with van der Waals surface area (Å²) in [4.78, 5) is 3.15. The van der Waals surface area contributed by atoms with Crippen molar-refractivity contribution in [1.29, 1.82) is 0 Å². The molecule has 0 aliphatic carbocycles. The lowest BCUT2D eigenvalue weighted by Gasteiger charge is -2.07. The Bertz CT molecular complexity index is 318. The van der Waals surface area contributed by atoms with Gasteiger partial charge in [-0.2, -0.15) is 13.2 Å². The largest absolute Gasteiger partial charge is 0.433 e. The minimum Gasteiger partial charge on any atom is -0.251 e. The zero-order valence-corrected chi connectivity index (χ0v) is 8.64. The summed E-state index contributed by atoms with van der Waals surface area (Å²) in [5.74, 6) is 0. The molecule has 1 rings (SSSR count). The van der Waals surface area contributed by atoms with Gasteiger partial charge in [0.25, 0.3) is 0 Å². The van der Waals surface area contributed by atoms with Crippen LogP contribution in [-0.4, -0.2) is 4.98 Å². The van der Waals surface area contributed by atoms with Crippen LogP contribution in [0.4, 0.5) is 13.2 Å². The minimum atomic E-state index is -4.38. The van der Waals surface area contributed by atoms with Crippen LogP contribution in [0.5, 0.6) is 0 Å². The number of allylic oxidation sites excluding steroid dienone is 1. The first-order valence-corrected chi connectivity index (χ1v) is 4.66. The van der Waals surface area contributed by atoms with E-state index in [0.29, 0.717) is 5.56 Å². The van der Waals surface area contributed by atoms with Crippen LogP contribution in [0.15, 0.2) is 31.0 Å². The van der Waals surface area contributed by atoms with Crippen LogP contribution in [0.3, 0.4) is 0 Å². The molecule has 1 aromatic heterocycles. The van der Waals surface area contributed by atoms with Crippen LogP contribution < -0.4 is 0 Å². The number of aromatic nitrogens is 1. The lowest BCUT2D eigenvalue weighted by molar-refractivity contribution is -0.141. The third-order valence-electron chi connectivity index (χ3n) is 1.60. The molecule has 14 heavy (non-hydrogen) atoms. The first-order valence-electron chi connectivity index (χ1n) is 3.75. The summed E-state index contributed by atoms with van der Waals surface area (Å²) >= 11 is 3.22. The average Bonchev–Trinajstić information content (AvgIpc) is 2.15. The third-order valence-corrected chi connectivity index (χ3v) is 2.50. The molecular weight excluding hydrogens is 259 g/mol. The van der Waals surface area contributed by atoms with Gasteiger partial charge in [-0.3, -0.25) is 4.98 Å². The van der Waals surface area contributed by atoms with Gasteiger partial charge in [0.05, 0.1) is 4.83 Å². The highest BCUT2D eigenvalue weighted by Gasteiger charge is 2.32. The van der Waals surface area contributed by atoms with Gasteiger partial charge in [0.1, 0.15) is 5.69 Å². The fourth-order valence-electron chi connectivity index (χ4n) is 0.872. The van der Waals surface area contributed by atoms with Crippen molar-refractivity contribution in [3.05, 3.63) is 42.2 Å². The predicted molar refractivity (Wildman–Crippen MR) is 51.1 cm³/mol. The number of hydrogen-bond acceptors (Lipinski definition) is 1. The van der Waals surface area contributed by atoms with Gasteiger partial charge in [-0.25, -0.2) is 0 Å². The van der Waals surface area contributed by atoms with Crippen molar-refractivity contribution in [2.24, 2.45) is 0 Å². The van der Waals surface area contributed by atoms with E-state index >= 15 is 0 Å². The van der Waals surface area contributed by atoms with E-state index in [1.807, 2.05) is 0 Å². The van der Waals surface area contributed by atoms with Crippen molar-refractivity contribution in [1.82, 2.24) is 4.98 Å². The molecule has 0 bridgehead atoms. The van der Waals surface area contributed by atoms with Crippen LogP contribution in [0.1, 0.15) is 16.1 Å². The first kappa shape index (κ1) is 11.2. The number of rotatable bonds is 2. The van der Waals surface area contributed by atoms with Crippen LogP contribution in [0, 0.1) is 0 Å². The summed E-state index contributed by atoms with van der Waals surface area (Å²) < 4.78 is 36.3. The van der Waals surface area contributed by atoms with E-state index in [4.69, 9.17) is 0 Å². The van der Waals surface area contributed by atoms with Crippen molar-refractivity contribution in [3.63, 3.8) is 0 Å². The van der Waals surface area contributed by atoms with Gasteiger partial charge in [0.2, 0.25) is 0 Å². The van der Waals surface area contributed by atoms with Gasteiger partial charge in [-0.1, -0.05) is 28.1 Å². The molecule has 1 nitrogen and oxygen atoms in total. The molecule has 0 saturated carbocycles. The monoisotopic (exact) mass is 265 g/mol. The van der Waals surface area contributed by atoms with Gasteiger partial charge in [0.15, 0.2) is 0 Å². The first-order chi connectivity index (χ1) is 6.45. The van der Waals surface area contributed by atoms with E-state index < -0.39 is 11.9 Å². The maximum Gasteiger partial charge on any atom is 0.433 e. The van der Waals surface area contributed by atoms with E-state index in [1.54, 1.807) is 6.08 Å². The highest BCUT2D eigenvalue weighted by atomic mass is 79.9. The minimum absolute atomic E-state index is 0.169. The number of halogens is 4. The summed E-state index contributed by atoms with van der Waals surface area (Å²) in [6, 6.07) is 2.32. The number of nitrogens with zero attached hydrogens (tertiary/aromatic N) is 1.